The Hall–Kier alpha value is -3.59. The summed E-state index contributed by atoms with van der Waals surface area (Å²) >= 11 is 0. The number of aliphatic hydroxyl groups is 1. The molecule has 0 spiro atoms. The van der Waals surface area contributed by atoms with Crippen molar-refractivity contribution in [1.29, 1.82) is 0 Å². The smallest absolute Gasteiger partial charge is 0.408 e. The van der Waals surface area contributed by atoms with Crippen LogP contribution >= 0.6 is 0 Å². The SMILES string of the molecule is NC(=O)C(Cc1ccc(O)cc1)NC(=O)[C@H](CO)NC(=O)OCc1ccccc1. The second kappa shape index (κ2) is 10.7. The molecule has 0 aliphatic heterocycles. The normalized spacial score (nSPS) is 12.4. The van der Waals surface area contributed by atoms with Crippen LogP contribution in [0.3, 0.4) is 0 Å². The first-order valence-electron chi connectivity index (χ1n) is 8.84. The van der Waals surface area contributed by atoms with Gasteiger partial charge in [-0.1, -0.05) is 42.5 Å². The zero-order chi connectivity index (χ0) is 21.2. The molecule has 0 heterocycles. The van der Waals surface area contributed by atoms with Gasteiger partial charge in [0.1, 0.15) is 24.4 Å². The maximum atomic E-state index is 12.4. The first kappa shape index (κ1) is 21.7. The lowest BCUT2D eigenvalue weighted by atomic mass is 10.0. The Labute approximate surface area is 167 Å². The van der Waals surface area contributed by atoms with E-state index in [1.807, 2.05) is 6.07 Å². The summed E-state index contributed by atoms with van der Waals surface area (Å²) < 4.78 is 5.01. The van der Waals surface area contributed by atoms with Crippen molar-refractivity contribution in [2.75, 3.05) is 6.61 Å². The number of phenolic OH excluding ortho intramolecular Hbond substituents is 1. The first-order chi connectivity index (χ1) is 13.9. The van der Waals surface area contributed by atoms with Crippen LogP contribution in [0.5, 0.6) is 5.75 Å². The number of carbonyl (C=O) groups is 3. The summed E-state index contributed by atoms with van der Waals surface area (Å²) in [5.74, 6) is -1.51. The van der Waals surface area contributed by atoms with E-state index in [1.54, 1.807) is 36.4 Å². The third-order valence-corrected chi connectivity index (χ3v) is 4.04. The van der Waals surface area contributed by atoms with E-state index in [0.717, 1.165) is 5.56 Å². The fourth-order valence-electron chi connectivity index (χ4n) is 2.46. The molecule has 0 radical (unpaired) electrons. The van der Waals surface area contributed by atoms with Crippen molar-refractivity contribution in [3.8, 4) is 5.75 Å². The van der Waals surface area contributed by atoms with Crippen LogP contribution in [0.15, 0.2) is 54.6 Å². The van der Waals surface area contributed by atoms with E-state index in [2.05, 4.69) is 10.6 Å². The maximum Gasteiger partial charge on any atom is 0.408 e. The molecular formula is C20H23N3O6. The maximum absolute atomic E-state index is 12.4. The molecule has 0 saturated heterocycles. The van der Waals surface area contributed by atoms with Crippen LogP contribution in [0, 0.1) is 0 Å². The Kier molecular flexibility index (Phi) is 7.99. The van der Waals surface area contributed by atoms with Gasteiger partial charge in [-0.05, 0) is 23.3 Å². The Morgan fingerprint density at radius 1 is 0.931 bits per heavy atom. The number of aliphatic hydroxyl groups excluding tert-OH is 1. The van der Waals surface area contributed by atoms with Gasteiger partial charge in [0.05, 0.1) is 6.61 Å². The average molecular weight is 401 g/mol. The number of amides is 3. The number of hydrogen-bond donors (Lipinski definition) is 5. The number of benzene rings is 2. The van der Waals surface area contributed by atoms with Gasteiger partial charge in [0, 0.05) is 6.42 Å². The fourth-order valence-corrected chi connectivity index (χ4v) is 2.46. The number of nitrogens with two attached hydrogens (primary N) is 1. The number of carbonyl (C=O) groups excluding carboxylic acids is 3. The van der Waals surface area contributed by atoms with Crippen molar-refractivity contribution in [3.05, 3.63) is 65.7 Å². The van der Waals surface area contributed by atoms with E-state index in [-0.39, 0.29) is 18.8 Å². The predicted molar refractivity (Wildman–Crippen MR) is 104 cm³/mol. The molecule has 0 aromatic heterocycles. The summed E-state index contributed by atoms with van der Waals surface area (Å²) in [6.45, 7) is -0.700. The summed E-state index contributed by atoms with van der Waals surface area (Å²) in [5.41, 5.74) is 6.75. The van der Waals surface area contributed by atoms with E-state index < -0.39 is 36.6 Å². The van der Waals surface area contributed by atoms with E-state index >= 15 is 0 Å². The number of alkyl carbamates (subject to hydrolysis) is 1. The molecule has 1 unspecified atom stereocenters. The standard InChI is InChI=1S/C20H23N3O6/c21-18(26)16(10-13-6-8-15(25)9-7-13)22-19(27)17(11-24)23-20(28)29-12-14-4-2-1-3-5-14/h1-9,16-17,24-25H,10-12H2,(H2,21,26)(H,22,27)(H,23,28)/t16?,17-/m0/s1. The number of ether oxygens (including phenoxy) is 1. The highest BCUT2D eigenvalue weighted by atomic mass is 16.5. The van der Waals surface area contributed by atoms with Crippen LogP contribution < -0.4 is 16.4 Å². The Bertz CT molecular complexity index is 826. The molecule has 0 bridgehead atoms. The second-order valence-corrected chi connectivity index (χ2v) is 6.28. The van der Waals surface area contributed by atoms with Crippen LogP contribution in [-0.4, -0.2) is 46.8 Å². The molecule has 0 aliphatic rings. The summed E-state index contributed by atoms with van der Waals surface area (Å²) in [6, 6.07) is 12.6. The number of hydrogen-bond acceptors (Lipinski definition) is 6. The lowest BCUT2D eigenvalue weighted by Crippen LogP contribution is -2.54. The van der Waals surface area contributed by atoms with Gasteiger partial charge in [0.25, 0.3) is 0 Å². The molecule has 0 aliphatic carbocycles. The van der Waals surface area contributed by atoms with Gasteiger partial charge in [-0.15, -0.1) is 0 Å². The molecule has 2 aromatic carbocycles. The van der Waals surface area contributed by atoms with E-state index in [4.69, 9.17) is 10.5 Å². The van der Waals surface area contributed by atoms with Crippen molar-refractivity contribution in [1.82, 2.24) is 10.6 Å². The zero-order valence-corrected chi connectivity index (χ0v) is 15.6. The van der Waals surface area contributed by atoms with E-state index in [9.17, 15) is 24.6 Å². The minimum Gasteiger partial charge on any atom is -0.508 e. The molecule has 154 valence electrons. The van der Waals surface area contributed by atoms with Crippen molar-refractivity contribution < 1.29 is 29.3 Å². The number of rotatable bonds is 9. The predicted octanol–water partition coefficient (Wildman–Crippen LogP) is 0.192. The van der Waals surface area contributed by atoms with Crippen molar-refractivity contribution >= 4 is 17.9 Å². The van der Waals surface area contributed by atoms with Crippen molar-refractivity contribution in [2.45, 2.75) is 25.1 Å². The third-order valence-electron chi connectivity index (χ3n) is 4.04. The van der Waals surface area contributed by atoms with E-state index in [0.29, 0.717) is 5.56 Å². The molecule has 2 atom stereocenters. The minimum absolute atomic E-state index is 0.00277. The van der Waals surface area contributed by atoms with Gasteiger partial charge in [-0.2, -0.15) is 0 Å². The molecule has 9 heteroatoms. The van der Waals surface area contributed by atoms with Crippen LogP contribution in [0.1, 0.15) is 11.1 Å². The Morgan fingerprint density at radius 2 is 1.59 bits per heavy atom. The summed E-state index contributed by atoms with van der Waals surface area (Å²) in [6.07, 6.45) is -0.810. The number of primary amides is 1. The number of aromatic hydroxyl groups is 1. The largest absolute Gasteiger partial charge is 0.508 e. The summed E-state index contributed by atoms with van der Waals surface area (Å²) in [4.78, 5) is 35.9. The van der Waals surface area contributed by atoms with Gasteiger partial charge in [-0.25, -0.2) is 4.79 Å². The highest BCUT2D eigenvalue weighted by Crippen LogP contribution is 2.11. The minimum atomic E-state index is -1.32. The monoisotopic (exact) mass is 401 g/mol. The quantitative estimate of drug-likeness (QED) is 0.405. The topological polar surface area (TPSA) is 151 Å². The van der Waals surface area contributed by atoms with Gasteiger partial charge in [0.15, 0.2) is 0 Å². The van der Waals surface area contributed by atoms with Gasteiger partial charge >= 0.3 is 6.09 Å². The lowest BCUT2D eigenvalue weighted by molar-refractivity contribution is -0.129. The fraction of sp³-hybridized carbons (Fsp3) is 0.250. The van der Waals surface area contributed by atoms with Gasteiger partial charge in [0.2, 0.25) is 11.8 Å². The second-order valence-electron chi connectivity index (χ2n) is 6.28. The highest BCUT2D eigenvalue weighted by molar-refractivity contribution is 5.91. The molecule has 2 aromatic rings. The highest BCUT2D eigenvalue weighted by Gasteiger charge is 2.25. The molecule has 9 nitrogen and oxygen atoms in total. The molecule has 29 heavy (non-hydrogen) atoms. The van der Waals surface area contributed by atoms with Gasteiger partial charge in [-0.3, -0.25) is 9.59 Å². The summed E-state index contributed by atoms with van der Waals surface area (Å²) in [7, 11) is 0. The third kappa shape index (κ3) is 7.15. The number of nitrogens with one attached hydrogen (secondary N) is 2. The van der Waals surface area contributed by atoms with Crippen LogP contribution in [0.25, 0.3) is 0 Å². The molecular weight excluding hydrogens is 378 g/mol. The van der Waals surface area contributed by atoms with E-state index in [1.165, 1.54) is 12.1 Å². The van der Waals surface area contributed by atoms with Crippen molar-refractivity contribution in [3.63, 3.8) is 0 Å². The zero-order valence-electron chi connectivity index (χ0n) is 15.6. The molecule has 6 N–H and O–H groups in total. The number of phenols is 1. The van der Waals surface area contributed by atoms with Crippen LogP contribution in [0.2, 0.25) is 0 Å². The van der Waals surface area contributed by atoms with Crippen LogP contribution in [-0.2, 0) is 27.4 Å². The van der Waals surface area contributed by atoms with Crippen molar-refractivity contribution in [2.24, 2.45) is 5.73 Å². The average Bonchev–Trinajstić information content (AvgIpc) is 2.72. The molecule has 2 rings (SSSR count). The first-order valence-corrected chi connectivity index (χ1v) is 8.84. The Balaban J connectivity index is 1.91. The van der Waals surface area contributed by atoms with Gasteiger partial charge < -0.3 is 31.3 Å². The molecule has 3 amide bonds. The van der Waals surface area contributed by atoms with Crippen LogP contribution in [0.4, 0.5) is 4.79 Å². The lowest BCUT2D eigenvalue weighted by Gasteiger charge is -2.20. The molecule has 0 saturated carbocycles. The Morgan fingerprint density at radius 3 is 2.17 bits per heavy atom. The molecule has 0 fully saturated rings. The summed E-state index contributed by atoms with van der Waals surface area (Å²) in [5, 5.41) is 23.4.